The number of hydrogen-bond acceptors (Lipinski definition) is 6. The van der Waals surface area contributed by atoms with Gasteiger partial charge in [0.2, 0.25) is 5.71 Å². The van der Waals surface area contributed by atoms with Gasteiger partial charge in [-0.3, -0.25) is 0 Å². The van der Waals surface area contributed by atoms with Gasteiger partial charge in [-0.15, -0.1) is 0 Å². The maximum Gasteiger partial charge on any atom is 0.227 e. The average molecular weight is 667 g/mol. The number of furan rings is 2. The van der Waals surface area contributed by atoms with Crippen molar-refractivity contribution < 1.29 is 8.83 Å². The minimum atomic E-state index is 0.595. The highest BCUT2D eigenvalue weighted by Gasteiger charge is 2.19. The van der Waals surface area contributed by atoms with E-state index in [1.54, 1.807) is 6.20 Å². The van der Waals surface area contributed by atoms with E-state index in [0.29, 0.717) is 23.2 Å². The number of nitrogens with zero attached hydrogens (tertiary/aromatic N) is 4. The van der Waals surface area contributed by atoms with Gasteiger partial charge in [0.05, 0.1) is 0 Å². The van der Waals surface area contributed by atoms with Crippen LogP contribution in [0.1, 0.15) is 0 Å². The Hall–Kier alpha value is -7.18. The number of rotatable bonds is 4. The molecule has 0 unspecified atom stereocenters. The van der Waals surface area contributed by atoms with Crippen LogP contribution >= 0.6 is 0 Å². The molecule has 0 saturated carbocycles. The van der Waals surface area contributed by atoms with Gasteiger partial charge >= 0.3 is 0 Å². The van der Waals surface area contributed by atoms with Crippen LogP contribution in [0.5, 0.6) is 0 Å². The zero-order valence-electron chi connectivity index (χ0n) is 27.6. The van der Waals surface area contributed by atoms with Crippen LogP contribution in [0, 0.1) is 0 Å². The first kappa shape index (κ1) is 28.6. The van der Waals surface area contributed by atoms with Gasteiger partial charge in [0.15, 0.2) is 17.5 Å². The molecule has 0 saturated heterocycles. The summed E-state index contributed by atoms with van der Waals surface area (Å²) in [7, 11) is 0. The first-order valence-corrected chi connectivity index (χ1v) is 17.2. The third-order valence-corrected chi connectivity index (χ3v) is 10.0. The summed E-state index contributed by atoms with van der Waals surface area (Å²) in [4.78, 5) is 19.8. The lowest BCUT2D eigenvalue weighted by Gasteiger charge is -2.12. The lowest BCUT2D eigenvalue weighted by atomic mass is 9.94. The molecular formula is C46H26N4O2. The smallest absolute Gasteiger partial charge is 0.227 e. The van der Waals surface area contributed by atoms with E-state index >= 15 is 0 Å². The third-order valence-electron chi connectivity index (χ3n) is 10.0. The van der Waals surface area contributed by atoms with Gasteiger partial charge in [-0.1, -0.05) is 115 Å². The molecule has 11 aromatic rings. The molecule has 242 valence electrons. The first-order valence-electron chi connectivity index (χ1n) is 17.2. The molecule has 0 spiro atoms. The summed E-state index contributed by atoms with van der Waals surface area (Å²) in [6.45, 7) is 0. The fourth-order valence-electron chi connectivity index (χ4n) is 7.62. The van der Waals surface area contributed by atoms with Crippen molar-refractivity contribution in [1.82, 2.24) is 19.9 Å². The Morgan fingerprint density at radius 2 is 1.06 bits per heavy atom. The van der Waals surface area contributed by atoms with Crippen molar-refractivity contribution in [2.45, 2.75) is 0 Å². The van der Waals surface area contributed by atoms with E-state index in [9.17, 15) is 0 Å². The molecular weight excluding hydrogens is 641 g/mol. The molecule has 4 aromatic heterocycles. The topological polar surface area (TPSA) is 77.8 Å². The van der Waals surface area contributed by atoms with Crippen molar-refractivity contribution >= 4 is 65.6 Å². The van der Waals surface area contributed by atoms with Crippen LogP contribution in [-0.4, -0.2) is 19.9 Å². The molecule has 0 bridgehead atoms. The number of fused-ring (bicyclic) bond motifs is 9. The maximum atomic E-state index is 6.28. The summed E-state index contributed by atoms with van der Waals surface area (Å²) in [5, 5.41) is 8.44. The second kappa shape index (κ2) is 11.2. The summed E-state index contributed by atoms with van der Waals surface area (Å²) in [5.74, 6) is 1.82. The van der Waals surface area contributed by atoms with Gasteiger partial charge in [-0.05, 0) is 63.7 Å². The fourth-order valence-corrected chi connectivity index (χ4v) is 7.62. The van der Waals surface area contributed by atoms with Gasteiger partial charge < -0.3 is 8.83 Å². The Balaban J connectivity index is 1.09. The minimum Gasteiger partial charge on any atom is -0.456 e. The van der Waals surface area contributed by atoms with E-state index in [4.69, 9.17) is 23.8 Å². The van der Waals surface area contributed by atoms with Crippen molar-refractivity contribution in [1.29, 1.82) is 0 Å². The normalized spacial score (nSPS) is 11.8. The number of pyridine rings is 1. The van der Waals surface area contributed by atoms with Gasteiger partial charge in [0.1, 0.15) is 16.7 Å². The monoisotopic (exact) mass is 666 g/mol. The lowest BCUT2D eigenvalue weighted by Crippen LogP contribution is -2.00. The van der Waals surface area contributed by atoms with Crippen molar-refractivity contribution in [3.63, 3.8) is 0 Å². The Morgan fingerprint density at radius 3 is 2.00 bits per heavy atom. The van der Waals surface area contributed by atoms with Crippen LogP contribution in [0.2, 0.25) is 0 Å². The van der Waals surface area contributed by atoms with Crippen molar-refractivity contribution in [2.75, 3.05) is 0 Å². The zero-order chi connectivity index (χ0) is 34.2. The predicted molar refractivity (Wildman–Crippen MR) is 209 cm³/mol. The molecule has 0 aliphatic heterocycles. The quantitative estimate of drug-likeness (QED) is 0.186. The number of para-hydroxylation sites is 1. The highest BCUT2D eigenvalue weighted by atomic mass is 16.3. The molecule has 0 aliphatic rings. The molecule has 0 atom stereocenters. The summed E-state index contributed by atoms with van der Waals surface area (Å²) in [6, 6.07) is 51.9. The van der Waals surface area contributed by atoms with E-state index < -0.39 is 0 Å². The number of hydrogen-bond donors (Lipinski definition) is 0. The van der Waals surface area contributed by atoms with E-state index in [0.717, 1.165) is 87.7 Å². The van der Waals surface area contributed by atoms with Gasteiger partial charge in [-0.2, -0.15) is 0 Å². The molecule has 4 heterocycles. The van der Waals surface area contributed by atoms with Crippen molar-refractivity contribution in [3.05, 3.63) is 158 Å². The summed E-state index contributed by atoms with van der Waals surface area (Å²) in [5.41, 5.74) is 8.14. The number of benzene rings is 7. The summed E-state index contributed by atoms with van der Waals surface area (Å²) in [6.07, 6.45) is 1.77. The highest BCUT2D eigenvalue weighted by molar-refractivity contribution is 6.17. The van der Waals surface area contributed by atoms with Crippen LogP contribution < -0.4 is 0 Å². The van der Waals surface area contributed by atoms with Crippen LogP contribution in [0.3, 0.4) is 0 Å². The zero-order valence-corrected chi connectivity index (χ0v) is 27.6. The van der Waals surface area contributed by atoms with Crippen LogP contribution in [-0.2, 0) is 0 Å². The molecule has 0 fully saturated rings. The van der Waals surface area contributed by atoms with E-state index in [2.05, 4.69) is 89.9 Å². The third kappa shape index (κ3) is 4.38. The minimum absolute atomic E-state index is 0.595. The number of aromatic nitrogens is 4. The second-order valence-electron chi connectivity index (χ2n) is 13.0. The van der Waals surface area contributed by atoms with Crippen molar-refractivity contribution in [3.8, 4) is 45.3 Å². The Bertz CT molecular complexity index is 3200. The molecule has 0 N–H and O–H groups in total. The molecule has 6 heteroatoms. The van der Waals surface area contributed by atoms with Crippen LogP contribution in [0.25, 0.3) is 111 Å². The van der Waals surface area contributed by atoms with E-state index in [1.165, 1.54) is 0 Å². The van der Waals surface area contributed by atoms with Gasteiger partial charge in [0.25, 0.3) is 0 Å². The van der Waals surface area contributed by atoms with Crippen LogP contribution in [0.15, 0.2) is 167 Å². The van der Waals surface area contributed by atoms with Crippen LogP contribution in [0.4, 0.5) is 0 Å². The molecule has 0 aliphatic carbocycles. The molecule has 0 radical (unpaired) electrons. The van der Waals surface area contributed by atoms with E-state index in [1.807, 2.05) is 66.7 Å². The highest BCUT2D eigenvalue weighted by Crippen LogP contribution is 2.40. The van der Waals surface area contributed by atoms with Gasteiger partial charge in [-0.25, -0.2) is 19.9 Å². The Morgan fingerprint density at radius 1 is 0.385 bits per heavy atom. The van der Waals surface area contributed by atoms with E-state index in [-0.39, 0.29) is 0 Å². The van der Waals surface area contributed by atoms with Gasteiger partial charge in [0, 0.05) is 49.8 Å². The Labute approximate surface area is 296 Å². The maximum absolute atomic E-state index is 6.28. The SMILES string of the molecule is c1ccc(-c2nc(-c3cccc4cc(-c5cccc6c5ccc5c7cccnc7oc65)ccc34)nc(-c3cccc4oc5ccccc5c34)n2)cc1. The Kier molecular flexibility index (Phi) is 6.15. The molecule has 6 nitrogen and oxygen atoms in total. The predicted octanol–water partition coefficient (Wildman–Crippen LogP) is 12.0. The lowest BCUT2D eigenvalue weighted by molar-refractivity contribution is 0.657. The molecule has 7 aromatic carbocycles. The standard InChI is InChI=1S/C46H26N4O2/c1-2-10-27(11-3-1)43-48-44(50-45(49-43)38-17-8-20-40-41(38)37-13-4-5-19-39(37)51-40)35-16-6-12-28-26-29(21-22-31(28)35)30-14-7-15-33-32(30)23-24-34-36-18-9-25-47-46(36)52-42(33)34/h1-26H. The molecule has 11 rings (SSSR count). The second-order valence-corrected chi connectivity index (χ2v) is 13.0. The fraction of sp³-hybridized carbons (Fsp3) is 0. The summed E-state index contributed by atoms with van der Waals surface area (Å²) >= 11 is 0. The van der Waals surface area contributed by atoms with Crippen molar-refractivity contribution in [2.24, 2.45) is 0 Å². The summed E-state index contributed by atoms with van der Waals surface area (Å²) < 4.78 is 12.5. The average Bonchev–Trinajstić information content (AvgIpc) is 3.79. The first-order chi connectivity index (χ1) is 25.8. The molecule has 0 amide bonds. The molecule has 52 heavy (non-hydrogen) atoms. The largest absolute Gasteiger partial charge is 0.456 e.